The van der Waals surface area contributed by atoms with Crippen molar-refractivity contribution in [1.29, 1.82) is 0 Å². The van der Waals surface area contributed by atoms with Gasteiger partial charge in [-0.15, -0.1) is 0 Å². The fraction of sp³-hybridized carbons (Fsp3) is 0.353. The lowest BCUT2D eigenvalue weighted by Gasteiger charge is -2.27. The number of sulfone groups is 1. The van der Waals surface area contributed by atoms with Crippen molar-refractivity contribution in [3.05, 3.63) is 35.5 Å². The highest BCUT2D eigenvalue weighted by Crippen LogP contribution is 2.23. The summed E-state index contributed by atoms with van der Waals surface area (Å²) in [4.78, 5) is 28.5. The summed E-state index contributed by atoms with van der Waals surface area (Å²) >= 11 is 0. The third-order valence-electron chi connectivity index (χ3n) is 4.13. The first-order valence-electron chi connectivity index (χ1n) is 8.35. The van der Waals surface area contributed by atoms with Crippen molar-refractivity contribution in [3.63, 3.8) is 0 Å². The minimum atomic E-state index is -3.64. The van der Waals surface area contributed by atoms with Crippen LogP contribution in [0.15, 0.2) is 40.7 Å². The van der Waals surface area contributed by atoms with Crippen molar-refractivity contribution in [2.24, 2.45) is 0 Å². The smallest absolute Gasteiger partial charge is 0.337 e. The lowest BCUT2D eigenvalue weighted by atomic mass is 10.0. The lowest BCUT2D eigenvalue weighted by molar-refractivity contribution is -0.139. The van der Waals surface area contributed by atoms with Gasteiger partial charge in [-0.3, -0.25) is 0 Å². The molecule has 144 valence electrons. The quantitative estimate of drug-likeness (QED) is 0.732. The predicted octanol–water partition coefficient (Wildman–Crippen LogP) is 0.958. The molecule has 2 N–H and O–H groups in total. The van der Waals surface area contributed by atoms with Gasteiger partial charge in [0.2, 0.25) is 15.0 Å². The van der Waals surface area contributed by atoms with Crippen molar-refractivity contribution in [2.75, 3.05) is 12.9 Å². The number of para-hydroxylation sites is 2. The summed E-state index contributed by atoms with van der Waals surface area (Å²) in [7, 11) is -3.64. The van der Waals surface area contributed by atoms with E-state index in [1.807, 2.05) is 0 Å². The van der Waals surface area contributed by atoms with Gasteiger partial charge in [0, 0.05) is 6.26 Å². The van der Waals surface area contributed by atoms with Gasteiger partial charge in [-0.2, -0.15) is 0 Å². The Morgan fingerprint density at radius 1 is 1.33 bits per heavy atom. The topological polar surface area (TPSA) is 119 Å². The first kappa shape index (κ1) is 18.9. The maximum atomic E-state index is 12.4. The van der Waals surface area contributed by atoms with Gasteiger partial charge in [-0.1, -0.05) is 12.1 Å². The Morgan fingerprint density at radius 2 is 2.04 bits per heavy atom. The number of aromatic nitrogens is 2. The van der Waals surface area contributed by atoms with Crippen molar-refractivity contribution in [2.45, 2.75) is 31.6 Å². The Bertz CT molecular complexity index is 1050. The summed E-state index contributed by atoms with van der Waals surface area (Å²) < 4.78 is 31.0. The number of esters is 1. The van der Waals surface area contributed by atoms with E-state index in [0.717, 1.165) is 6.26 Å². The van der Waals surface area contributed by atoms with Crippen LogP contribution in [0.3, 0.4) is 0 Å². The highest BCUT2D eigenvalue weighted by atomic mass is 32.2. The average Bonchev–Trinajstić information content (AvgIpc) is 2.93. The second-order valence-corrected chi connectivity index (χ2v) is 8.08. The van der Waals surface area contributed by atoms with Crippen molar-refractivity contribution in [3.8, 4) is 0 Å². The zero-order valence-electron chi connectivity index (χ0n) is 15.1. The van der Waals surface area contributed by atoms with Gasteiger partial charge in [0.1, 0.15) is 0 Å². The number of fused-ring (bicyclic) bond motifs is 1. The van der Waals surface area contributed by atoms with Gasteiger partial charge in [-0.25, -0.2) is 23.0 Å². The summed E-state index contributed by atoms with van der Waals surface area (Å²) in [6, 6.07) is 5.89. The number of rotatable bonds is 5. The molecule has 1 atom stereocenters. The summed E-state index contributed by atoms with van der Waals surface area (Å²) in [6.45, 7) is 3.48. The lowest BCUT2D eigenvalue weighted by Crippen LogP contribution is -2.50. The fourth-order valence-electron chi connectivity index (χ4n) is 3.05. The largest absolute Gasteiger partial charge is 0.463 e. The number of carbonyl (C=O) groups excluding carboxylic acids is 2. The molecule has 9 nitrogen and oxygen atoms in total. The van der Waals surface area contributed by atoms with Crippen LogP contribution < -0.4 is 10.6 Å². The molecule has 3 rings (SSSR count). The van der Waals surface area contributed by atoms with Gasteiger partial charge in [-0.05, 0) is 26.0 Å². The molecule has 2 heterocycles. The van der Waals surface area contributed by atoms with E-state index >= 15 is 0 Å². The zero-order valence-corrected chi connectivity index (χ0v) is 16.0. The number of nitrogens with zero attached hydrogens (tertiary/aromatic N) is 2. The molecule has 0 fully saturated rings. The molecule has 2 amide bonds. The Hall–Kier alpha value is -2.88. The van der Waals surface area contributed by atoms with Crippen LogP contribution in [0.5, 0.6) is 0 Å². The van der Waals surface area contributed by atoms with E-state index in [0.29, 0.717) is 11.0 Å². The standard InChI is InChI=1S/C17H20N4O5S/c1-4-26-15(22)14-10(2)18-16(23)19-12(14)9-21-13-8-6-5-7-11(13)20-17(21)27(3,24)25/h5-8,10H,4,9H2,1-3H3,(H2,18,19,23). The van der Waals surface area contributed by atoms with Crippen molar-refractivity contribution in [1.82, 2.24) is 20.2 Å². The maximum absolute atomic E-state index is 12.4. The number of benzene rings is 1. The number of ether oxygens (including phenoxy) is 1. The van der Waals surface area contributed by atoms with Crippen LogP contribution in [0.2, 0.25) is 0 Å². The molecule has 0 spiro atoms. The van der Waals surface area contributed by atoms with Crippen LogP contribution in [-0.4, -0.2) is 48.9 Å². The maximum Gasteiger partial charge on any atom is 0.337 e. The van der Waals surface area contributed by atoms with E-state index in [9.17, 15) is 18.0 Å². The fourth-order valence-corrected chi connectivity index (χ4v) is 3.88. The van der Waals surface area contributed by atoms with Crippen molar-refractivity contribution < 1.29 is 22.7 Å². The van der Waals surface area contributed by atoms with Gasteiger partial charge >= 0.3 is 12.0 Å². The molecule has 1 unspecified atom stereocenters. The monoisotopic (exact) mass is 392 g/mol. The number of nitrogens with one attached hydrogen (secondary N) is 2. The molecule has 1 aliphatic rings. The summed E-state index contributed by atoms with van der Waals surface area (Å²) in [6.07, 6.45) is 1.06. The SMILES string of the molecule is CCOC(=O)C1=C(Cn2c(S(C)(=O)=O)nc3ccccc32)NC(=O)NC1C. The van der Waals surface area contributed by atoms with Crippen LogP contribution in [0.4, 0.5) is 4.79 Å². The molecule has 1 aliphatic heterocycles. The highest BCUT2D eigenvalue weighted by Gasteiger charge is 2.31. The predicted molar refractivity (Wildman–Crippen MR) is 97.6 cm³/mol. The van der Waals surface area contributed by atoms with Gasteiger partial charge in [0.25, 0.3) is 0 Å². The number of allylic oxidation sites excluding steroid dienone is 1. The number of hydrogen-bond acceptors (Lipinski definition) is 6. The van der Waals surface area contributed by atoms with Gasteiger partial charge < -0.3 is 19.9 Å². The third kappa shape index (κ3) is 3.65. The average molecular weight is 392 g/mol. The van der Waals surface area contributed by atoms with E-state index < -0.39 is 27.9 Å². The Labute approximate surface area is 156 Å². The first-order valence-corrected chi connectivity index (χ1v) is 10.2. The summed E-state index contributed by atoms with van der Waals surface area (Å²) in [5, 5.41) is 5.07. The van der Waals surface area contributed by atoms with E-state index in [4.69, 9.17) is 4.74 Å². The van der Waals surface area contributed by atoms with Crippen LogP contribution >= 0.6 is 0 Å². The van der Waals surface area contributed by atoms with Gasteiger partial charge in [0.05, 0.1) is 41.5 Å². The van der Waals surface area contributed by atoms with Crippen LogP contribution in [0, 0.1) is 0 Å². The van der Waals surface area contributed by atoms with E-state index in [1.165, 1.54) is 4.57 Å². The normalized spacial score (nSPS) is 17.6. The highest BCUT2D eigenvalue weighted by molar-refractivity contribution is 7.90. The number of hydrogen-bond donors (Lipinski definition) is 2. The molecule has 0 saturated heterocycles. The second-order valence-electron chi connectivity index (χ2n) is 6.17. The van der Waals surface area contributed by atoms with Gasteiger partial charge in [0.15, 0.2) is 0 Å². The molecular formula is C17H20N4O5S. The molecular weight excluding hydrogens is 372 g/mol. The number of imidazole rings is 1. The van der Waals surface area contributed by atoms with Crippen LogP contribution in [0.25, 0.3) is 11.0 Å². The number of urea groups is 1. The molecule has 27 heavy (non-hydrogen) atoms. The Balaban J connectivity index is 2.18. The van der Waals surface area contributed by atoms with Crippen LogP contribution in [-0.2, 0) is 25.9 Å². The molecule has 0 radical (unpaired) electrons. The Morgan fingerprint density at radius 3 is 2.70 bits per heavy atom. The third-order valence-corrected chi connectivity index (χ3v) is 5.11. The van der Waals surface area contributed by atoms with Crippen molar-refractivity contribution >= 4 is 32.9 Å². The Kier molecular flexibility index (Phi) is 4.92. The minimum absolute atomic E-state index is 0.0468. The molecule has 1 aromatic heterocycles. The van der Waals surface area contributed by atoms with Crippen LogP contribution in [0.1, 0.15) is 13.8 Å². The summed E-state index contributed by atoms with van der Waals surface area (Å²) in [5.41, 5.74) is 1.60. The molecule has 10 heteroatoms. The molecule has 2 aromatic rings. The number of amides is 2. The first-order chi connectivity index (χ1) is 12.7. The van der Waals surface area contributed by atoms with E-state index in [-0.39, 0.29) is 29.6 Å². The zero-order chi connectivity index (χ0) is 19.8. The second kappa shape index (κ2) is 7.03. The molecule has 0 bridgehead atoms. The number of carbonyl (C=O) groups is 2. The molecule has 1 aromatic carbocycles. The minimum Gasteiger partial charge on any atom is -0.463 e. The van der Waals surface area contributed by atoms with E-state index in [2.05, 4.69) is 15.6 Å². The molecule has 0 saturated carbocycles. The molecule has 0 aliphatic carbocycles. The summed E-state index contributed by atoms with van der Waals surface area (Å²) in [5.74, 6) is -0.571. The van der Waals surface area contributed by atoms with E-state index in [1.54, 1.807) is 38.1 Å².